The van der Waals surface area contributed by atoms with Gasteiger partial charge >= 0.3 is 0 Å². The monoisotopic (exact) mass is 369 g/mol. The van der Waals surface area contributed by atoms with Gasteiger partial charge in [-0.25, -0.2) is 0 Å². The molecule has 1 aromatic carbocycles. The van der Waals surface area contributed by atoms with Gasteiger partial charge in [0.1, 0.15) is 12.4 Å². The lowest BCUT2D eigenvalue weighted by molar-refractivity contribution is 0.0374. The maximum atomic E-state index is 6.02. The van der Waals surface area contributed by atoms with Crippen LogP contribution in [0.2, 0.25) is 0 Å². The molecule has 0 spiro atoms. The summed E-state index contributed by atoms with van der Waals surface area (Å²) in [4.78, 5) is 6.80. The Morgan fingerprint density at radius 3 is 2.63 bits per heavy atom. The summed E-state index contributed by atoms with van der Waals surface area (Å²) in [6.45, 7) is 11.7. The molecular formula is C22H31N3O2. The minimum absolute atomic E-state index is 0.502. The molecule has 1 aliphatic heterocycles. The average Bonchev–Trinajstić information content (AvgIpc) is 2.69. The Hall–Kier alpha value is -1.95. The van der Waals surface area contributed by atoms with E-state index in [1.54, 1.807) is 6.20 Å². The highest BCUT2D eigenvalue weighted by atomic mass is 16.5. The van der Waals surface area contributed by atoms with E-state index >= 15 is 0 Å². The van der Waals surface area contributed by atoms with E-state index in [0.717, 1.165) is 57.4 Å². The second-order valence-corrected chi connectivity index (χ2v) is 7.15. The zero-order valence-corrected chi connectivity index (χ0v) is 16.5. The van der Waals surface area contributed by atoms with Gasteiger partial charge in [-0.15, -0.1) is 0 Å². The Kier molecular flexibility index (Phi) is 7.63. The molecule has 5 nitrogen and oxygen atoms in total. The third-order valence-electron chi connectivity index (χ3n) is 4.87. The molecule has 146 valence electrons. The Morgan fingerprint density at radius 1 is 1.15 bits per heavy atom. The number of benzene rings is 1. The molecule has 1 N–H and O–H groups in total. The quantitative estimate of drug-likeness (QED) is 0.688. The first-order valence-electron chi connectivity index (χ1n) is 9.86. The summed E-state index contributed by atoms with van der Waals surface area (Å²) in [5.41, 5.74) is 4.61. The average molecular weight is 370 g/mol. The van der Waals surface area contributed by atoms with Crippen LogP contribution in [0.15, 0.2) is 36.5 Å². The van der Waals surface area contributed by atoms with Gasteiger partial charge in [0.2, 0.25) is 0 Å². The summed E-state index contributed by atoms with van der Waals surface area (Å²) in [7, 11) is 0. The number of pyridine rings is 1. The summed E-state index contributed by atoms with van der Waals surface area (Å²) in [5, 5.41) is 3.56. The van der Waals surface area contributed by atoms with Crippen LogP contribution >= 0.6 is 0 Å². The van der Waals surface area contributed by atoms with Gasteiger partial charge < -0.3 is 14.8 Å². The van der Waals surface area contributed by atoms with Crippen LogP contribution in [0.1, 0.15) is 28.8 Å². The number of nitrogens with one attached hydrogen (secondary N) is 1. The van der Waals surface area contributed by atoms with Crippen LogP contribution in [0, 0.1) is 13.8 Å². The minimum atomic E-state index is 0.502. The normalized spacial score (nSPS) is 15.0. The lowest BCUT2D eigenvalue weighted by Crippen LogP contribution is -2.37. The topological polar surface area (TPSA) is 46.6 Å². The molecule has 0 amide bonds. The van der Waals surface area contributed by atoms with Crippen molar-refractivity contribution < 1.29 is 9.47 Å². The third kappa shape index (κ3) is 6.31. The van der Waals surface area contributed by atoms with E-state index in [1.807, 2.05) is 18.2 Å². The van der Waals surface area contributed by atoms with Crippen LogP contribution in [0.5, 0.6) is 5.75 Å². The molecule has 1 aromatic heterocycles. The molecular weight excluding hydrogens is 338 g/mol. The Labute approximate surface area is 162 Å². The van der Waals surface area contributed by atoms with Gasteiger partial charge in [-0.2, -0.15) is 0 Å². The summed E-state index contributed by atoms with van der Waals surface area (Å²) >= 11 is 0. The van der Waals surface area contributed by atoms with Crippen molar-refractivity contribution in [2.24, 2.45) is 0 Å². The van der Waals surface area contributed by atoms with Crippen molar-refractivity contribution in [3.8, 4) is 5.75 Å². The standard InChI is InChI=1S/C22H31N3O2/c1-18-14-20(16-23-7-5-9-25-10-12-26-13-11-25)15-19(2)22(18)27-17-21-6-3-4-8-24-21/h3-4,6,8,14-15,23H,5,7,9-13,16-17H2,1-2H3. The van der Waals surface area contributed by atoms with Gasteiger partial charge in [0.05, 0.1) is 18.9 Å². The molecule has 0 radical (unpaired) electrons. The third-order valence-corrected chi connectivity index (χ3v) is 4.87. The van der Waals surface area contributed by atoms with Gasteiger partial charge in [0, 0.05) is 25.8 Å². The van der Waals surface area contributed by atoms with E-state index in [1.165, 1.54) is 23.1 Å². The van der Waals surface area contributed by atoms with E-state index in [2.05, 4.69) is 41.2 Å². The number of aromatic nitrogens is 1. The molecule has 0 unspecified atom stereocenters. The molecule has 1 aliphatic rings. The molecule has 1 saturated heterocycles. The van der Waals surface area contributed by atoms with E-state index < -0.39 is 0 Å². The van der Waals surface area contributed by atoms with Crippen molar-refractivity contribution >= 4 is 0 Å². The Bertz CT molecular complexity index is 677. The number of morpholine rings is 1. The molecule has 2 heterocycles. The molecule has 5 heteroatoms. The van der Waals surface area contributed by atoms with Crippen molar-refractivity contribution in [2.45, 2.75) is 33.4 Å². The fourth-order valence-corrected chi connectivity index (χ4v) is 3.48. The van der Waals surface area contributed by atoms with E-state index in [9.17, 15) is 0 Å². The molecule has 0 bridgehead atoms. The first-order valence-corrected chi connectivity index (χ1v) is 9.86. The largest absolute Gasteiger partial charge is 0.487 e. The van der Waals surface area contributed by atoms with Gasteiger partial charge in [-0.3, -0.25) is 9.88 Å². The van der Waals surface area contributed by atoms with Crippen LogP contribution in [-0.2, 0) is 17.9 Å². The fraction of sp³-hybridized carbons (Fsp3) is 0.500. The number of ether oxygens (including phenoxy) is 2. The second kappa shape index (κ2) is 10.4. The van der Waals surface area contributed by atoms with Gasteiger partial charge in [0.25, 0.3) is 0 Å². The van der Waals surface area contributed by atoms with Gasteiger partial charge in [0.15, 0.2) is 0 Å². The number of hydrogen-bond donors (Lipinski definition) is 1. The van der Waals surface area contributed by atoms with Gasteiger partial charge in [-0.05, 0) is 62.2 Å². The molecule has 3 rings (SSSR count). The summed E-state index contributed by atoms with van der Waals surface area (Å²) in [5.74, 6) is 0.969. The highest BCUT2D eigenvalue weighted by Crippen LogP contribution is 2.25. The van der Waals surface area contributed by atoms with Crippen molar-refractivity contribution in [1.82, 2.24) is 15.2 Å². The number of hydrogen-bond acceptors (Lipinski definition) is 5. The van der Waals surface area contributed by atoms with Crippen molar-refractivity contribution in [2.75, 3.05) is 39.4 Å². The zero-order chi connectivity index (χ0) is 18.9. The van der Waals surface area contributed by atoms with E-state index in [0.29, 0.717) is 6.61 Å². The molecule has 1 fully saturated rings. The minimum Gasteiger partial charge on any atom is -0.487 e. The molecule has 0 atom stereocenters. The molecule has 27 heavy (non-hydrogen) atoms. The van der Waals surface area contributed by atoms with Crippen molar-refractivity contribution in [1.29, 1.82) is 0 Å². The maximum absolute atomic E-state index is 6.02. The van der Waals surface area contributed by atoms with Crippen LogP contribution in [0.3, 0.4) is 0 Å². The lowest BCUT2D eigenvalue weighted by atomic mass is 10.1. The number of nitrogens with zero attached hydrogens (tertiary/aromatic N) is 2. The summed E-state index contributed by atoms with van der Waals surface area (Å²) in [6, 6.07) is 10.3. The second-order valence-electron chi connectivity index (χ2n) is 7.15. The first-order chi connectivity index (χ1) is 13.2. The van der Waals surface area contributed by atoms with Crippen molar-refractivity contribution in [3.63, 3.8) is 0 Å². The summed E-state index contributed by atoms with van der Waals surface area (Å²) < 4.78 is 11.4. The number of aryl methyl sites for hydroxylation is 2. The van der Waals surface area contributed by atoms with Gasteiger partial charge in [-0.1, -0.05) is 18.2 Å². The molecule has 0 aliphatic carbocycles. The van der Waals surface area contributed by atoms with Crippen LogP contribution in [0.25, 0.3) is 0 Å². The SMILES string of the molecule is Cc1cc(CNCCCN2CCOCC2)cc(C)c1OCc1ccccn1. The van der Waals surface area contributed by atoms with Crippen molar-refractivity contribution in [3.05, 3.63) is 58.9 Å². The Morgan fingerprint density at radius 2 is 1.93 bits per heavy atom. The zero-order valence-electron chi connectivity index (χ0n) is 16.5. The van der Waals surface area contributed by atoms with Crippen LogP contribution < -0.4 is 10.1 Å². The Balaban J connectivity index is 1.43. The highest BCUT2D eigenvalue weighted by molar-refractivity contribution is 5.43. The van der Waals surface area contributed by atoms with Crippen LogP contribution in [-0.4, -0.2) is 49.3 Å². The first kappa shape index (κ1) is 19.8. The predicted molar refractivity (Wildman–Crippen MR) is 108 cm³/mol. The highest BCUT2D eigenvalue weighted by Gasteiger charge is 2.10. The molecule has 0 saturated carbocycles. The van der Waals surface area contributed by atoms with E-state index in [-0.39, 0.29) is 0 Å². The van der Waals surface area contributed by atoms with E-state index in [4.69, 9.17) is 9.47 Å². The fourth-order valence-electron chi connectivity index (χ4n) is 3.48. The summed E-state index contributed by atoms with van der Waals surface area (Å²) in [6.07, 6.45) is 2.97. The smallest absolute Gasteiger partial charge is 0.130 e. The van der Waals surface area contributed by atoms with Crippen LogP contribution in [0.4, 0.5) is 0 Å². The predicted octanol–water partition coefficient (Wildman–Crippen LogP) is 3.09. The lowest BCUT2D eigenvalue weighted by Gasteiger charge is -2.26. The number of rotatable bonds is 9. The maximum Gasteiger partial charge on any atom is 0.130 e. The molecule has 2 aromatic rings.